The lowest BCUT2D eigenvalue weighted by molar-refractivity contribution is 0.154. The van der Waals surface area contributed by atoms with Crippen molar-refractivity contribution in [3.63, 3.8) is 0 Å². The summed E-state index contributed by atoms with van der Waals surface area (Å²) < 4.78 is 7.21. The molecule has 2 nitrogen and oxygen atoms in total. The number of hydrogen-bond donors (Lipinski definition) is 1. The summed E-state index contributed by atoms with van der Waals surface area (Å²) in [6, 6.07) is 14.3. The molecule has 4 heteroatoms. The second kappa shape index (κ2) is 5.76. The number of nitrogens with one attached hydrogen (secondary N) is 1. The SMILES string of the molecule is CNC1CC(c2ccccc2Cl)Oc2ccc(Br)cc21. The first-order valence-corrected chi connectivity index (χ1v) is 7.74. The smallest absolute Gasteiger partial charge is 0.127 e. The average molecular weight is 353 g/mol. The predicted octanol–water partition coefficient (Wildman–Crippen LogP) is 4.89. The second-order valence-corrected chi connectivity index (χ2v) is 6.21. The zero-order chi connectivity index (χ0) is 14.1. The molecule has 0 saturated heterocycles. The molecule has 3 rings (SSSR count). The van der Waals surface area contributed by atoms with Crippen LogP contribution in [0.4, 0.5) is 0 Å². The summed E-state index contributed by atoms with van der Waals surface area (Å²) in [6.07, 6.45) is 0.846. The van der Waals surface area contributed by atoms with Gasteiger partial charge in [0.25, 0.3) is 0 Å². The standard InChI is InChI=1S/C16H15BrClNO/c1-19-14-9-16(11-4-2-3-5-13(11)18)20-15-7-6-10(17)8-12(14)15/h2-8,14,16,19H,9H2,1H3. The van der Waals surface area contributed by atoms with Crippen molar-refractivity contribution >= 4 is 27.5 Å². The molecule has 0 radical (unpaired) electrons. The largest absolute Gasteiger partial charge is 0.485 e. The summed E-state index contributed by atoms with van der Waals surface area (Å²) in [5.41, 5.74) is 2.23. The molecule has 104 valence electrons. The highest BCUT2D eigenvalue weighted by Gasteiger charge is 2.29. The molecule has 0 saturated carbocycles. The number of rotatable bonds is 2. The van der Waals surface area contributed by atoms with Gasteiger partial charge in [-0.2, -0.15) is 0 Å². The maximum atomic E-state index is 6.29. The van der Waals surface area contributed by atoms with Crippen molar-refractivity contribution in [2.45, 2.75) is 18.6 Å². The molecule has 0 bridgehead atoms. The molecule has 1 N–H and O–H groups in total. The Morgan fingerprint density at radius 1 is 1.20 bits per heavy atom. The van der Waals surface area contributed by atoms with Gasteiger partial charge in [0.05, 0.1) is 0 Å². The van der Waals surface area contributed by atoms with Gasteiger partial charge in [-0.25, -0.2) is 0 Å². The summed E-state index contributed by atoms with van der Waals surface area (Å²) >= 11 is 9.81. The van der Waals surface area contributed by atoms with Crippen LogP contribution in [-0.2, 0) is 0 Å². The number of fused-ring (bicyclic) bond motifs is 1. The van der Waals surface area contributed by atoms with Gasteiger partial charge in [-0.15, -0.1) is 0 Å². The summed E-state index contributed by atoms with van der Waals surface area (Å²) in [4.78, 5) is 0. The minimum Gasteiger partial charge on any atom is -0.485 e. The maximum Gasteiger partial charge on any atom is 0.127 e. The molecule has 1 aliphatic heterocycles. The van der Waals surface area contributed by atoms with E-state index in [1.807, 2.05) is 43.4 Å². The first-order valence-electron chi connectivity index (χ1n) is 6.57. The van der Waals surface area contributed by atoms with E-state index >= 15 is 0 Å². The molecule has 0 amide bonds. The Labute approximate surface area is 132 Å². The van der Waals surface area contributed by atoms with Crippen LogP contribution in [0.5, 0.6) is 5.75 Å². The third-order valence-corrected chi connectivity index (χ3v) is 4.50. The van der Waals surface area contributed by atoms with Crippen LogP contribution >= 0.6 is 27.5 Å². The first-order chi connectivity index (χ1) is 9.69. The van der Waals surface area contributed by atoms with E-state index in [4.69, 9.17) is 16.3 Å². The predicted molar refractivity (Wildman–Crippen MR) is 85.4 cm³/mol. The zero-order valence-corrected chi connectivity index (χ0v) is 13.4. The van der Waals surface area contributed by atoms with Crippen LogP contribution in [0.2, 0.25) is 5.02 Å². The highest BCUT2D eigenvalue weighted by Crippen LogP contribution is 2.43. The van der Waals surface area contributed by atoms with Gasteiger partial charge in [0.1, 0.15) is 11.9 Å². The van der Waals surface area contributed by atoms with Gasteiger partial charge >= 0.3 is 0 Å². The minimum atomic E-state index is -0.0187. The summed E-state index contributed by atoms with van der Waals surface area (Å²) in [6.45, 7) is 0. The number of halogens is 2. The summed E-state index contributed by atoms with van der Waals surface area (Å²) in [5, 5.41) is 4.12. The average Bonchev–Trinajstić information content (AvgIpc) is 2.46. The van der Waals surface area contributed by atoms with Gasteiger partial charge in [-0.05, 0) is 31.3 Å². The highest BCUT2D eigenvalue weighted by molar-refractivity contribution is 9.10. The lowest BCUT2D eigenvalue weighted by atomic mass is 9.93. The zero-order valence-electron chi connectivity index (χ0n) is 11.1. The summed E-state index contributed by atoms with van der Waals surface area (Å²) in [7, 11) is 1.98. The molecule has 0 aromatic heterocycles. The van der Waals surface area contributed by atoms with E-state index < -0.39 is 0 Å². The van der Waals surface area contributed by atoms with E-state index in [1.54, 1.807) is 0 Å². The molecule has 2 unspecified atom stereocenters. The van der Waals surface area contributed by atoms with E-state index in [1.165, 1.54) is 5.56 Å². The van der Waals surface area contributed by atoms with E-state index in [9.17, 15) is 0 Å². The van der Waals surface area contributed by atoms with E-state index in [-0.39, 0.29) is 12.1 Å². The molecule has 2 atom stereocenters. The molecule has 0 fully saturated rings. The van der Waals surface area contributed by atoms with Crippen LogP contribution in [0.3, 0.4) is 0 Å². The molecule has 20 heavy (non-hydrogen) atoms. The Hall–Kier alpha value is -1.03. The van der Waals surface area contributed by atoms with Crippen LogP contribution in [-0.4, -0.2) is 7.05 Å². The molecule has 2 aromatic rings. The van der Waals surface area contributed by atoms with Crippen LogP contribution < -0.4 is 10.1 Å². The van der Waals surface area contributed by atoms with Gasteiger partial charge in [0, 0.05) is 33.1 Å². The van der Waals surface area contributed by atoms with Crippen molar-refractivity contribution in [1.82, 2.24) is 5.32 Å². The Kier molecular flexibility index (Phi) is 4.01. The van der Waals surface area contributed by atoms with Gasteiger partial charge in [-0.1, -0.05) is 45.7 Å². The van der Waals surface area contributed by atoms with Crippen molar-refractivity contribution in [3.05, 3.63) is 63.1 Å². The fraction of sp³-hybridized carbons (Fsp3) is 0.250. The first kappa shape index (κ1) is 13.9. The van der Waals surface area contributed by atoms with Crippen LogP contribution in [0.1, 0.15) is 29.7 Å². The fourth-order valence-electron chi connectivity index (χ4n) is 2.64. The molecular weight excluding hydrogens is 338 g/mol. The van der Waals surface area contributed by atoms with Crippen LogP contribution in [0, 0.1) is 0 Å². The Balaban J connectivity index is 1.99. The number of benzene rings is 2. The molecule has 0 spiro atoms. The van der Waals surface area contributed by atoms with Crippen molar-refractivity contribution in [1.29, 1.82) is 0 Å². The molecule has 0 aliphatic carbocycles. The highest BCUT2D eigenvalue weighted by atomic mass is 79.9. The Bertz CT molecular complexity index is 632. The number of hydrogen-bond acceptors (Lipinski definition) is 2. The monoisotopic (exact) mass is 351 g/mol. The van der Waals surface area contributed by atoms with Gasteiger partial charge in [0.2, 0.25) is 0 Å². The van der Waals surface area contributed by atoms with Crippen molar-refractivity contribution in [2.75, 3.05) is 7.05 Å². The third kappa shape index (κ3) is 2.58. The Morgan fingerprint density at radius 2 is 2.00 bits per heavy atom. The molecular formula is C16H15BrClNO. The summed E-state index contributed by atoms with van der Waals surface area (Å²) in [5.74, 6) is 0.920. The van der Waals surface area contributed by atoms with E-state index in [0.717, 1.165) is 27.2 Å². The molecule has 1 aliphatic rings. The maximum absolute atomic E-state index is 6.29. The molecule has 1 heterocycles. The van der Waals surface area contributed by atoms with Crippen LogP contribution in [0.25, 0.3) is 0 Å². The lowest BCUT2D eigenvalue weighted by Crippen LogP contribution is -2.26. The van der Waals surface area contributed by atoms with Gasteiger partial charge in [0.15, 0.2) is 0 Å². The quantitative estimate of drug-likeness (QED) is 0.831. The fourth-order valence-corrected chi connectivity index (χ4v) is 3.28. The third-order valence-electron chi connectivity index (χ3n) is 3.67. The van der Waals surface area contributed by atoms with Gasteiger partial charge in [-0.3, -0.25) is 0 Å². The minimum absolute atomic E-state index is 0.0187. The van der Waals surface area contributed by atoms with Crippen LogP contribution in [0.15, 0.2) is 46.9 Å². The van der Waals surface area contributed by atoms with Gasteiger partial charge < -0.3 is 10.1 Å². The topological polar surface area (TPSA) is 21.3 Å². The molecule has 2 aromatic carbocycles. The van der Waals surface area contributed by atoms with E-state index in [0.29, 0.717) is 0 Å². The van der Waals surface area contributed by atoms with Crippen molar-refractivity contribution in [3.8, 4) is 5.75 Å². The Morgan fingerprint density at radius 3 is 2.75 bits per heavy atom. The van der Waals surface area contributed by atoms with Crippen molar-refractivity contribution < 1.29 is 4.74 Å². The van der Waals surface area contributed by atoms with E-state index in [2.05, 4.69) is 27.3 Å². The lowest BCUT2D eigenvalue weighted by Gasteiger charge is -2.32. The van der Waals surface area contributed by atoms with Crippen molar-refractivity contribution in [2.24, 2.45) is 0 Å². The number of ether oxygens (including phenoxy) is 1. The normalized spacial score (nSPS) is 21.1. The second-order valence-electron chi connectivity index (χ2n) is 4.89.